The molecule has 2 aromatic rings. The molecule has 2 atom stereocenters. The third-order valence-corrected chi connectivity index (χ3v) is 4.98. The SMILES string of the molecule is CN1C(c2ccccc2)CC(c2ccncc2)C1(C)C.Cl.Cl. The number of halogens is 2. The number of likely N-dealkylation sites (N-methyl/N-ethyl adjacent to an activating group) is 1. The summed E-state index contributed by atoms with van der Waals surface area (Å²) in [5.41, 5.74) is 2.97. The Kier molecular flexibility index (Phi) is 6.42. The molecule has 4 heteroatoms. The van der Waals surface area contributed by atoms with Gasteiger partial charge in [-0.25, -0.2) is 0 Å². The summed E-state index contributed by atoms with van der Waals surface area (Å²) in [4.78, 5) is 6.67. The van der Waals surface area contributed by atoms with E-state index in [-0.39, 0.29) is 30.4 Å². The maximum Gasteiger partial charge on any atom is 0.0357 e. The van der Waals surface area contributed by atoms with Crippen molar-refractivity contribution in [2.24, 2.45) is 0 Å². The van der Waals surface area contributed by atoms with Gasteiger partial charge in [0.2, 0.25) is 0 Å². The van der Waals surface area contributed by atoms with E-state index in [9.17, 15) is 0 Å². The van der Waals surface area contributed by atoms with Gasteiger partial charge in [-0.15, -0.1) is 24.8 Å². The molecular formula is C18H24Cl2N2. The molecule has 0 saturated carbocycles. The fraction of sp³-hybridized carbons (Fsp3) is 0.389. The smallest absolute Gasteiger partial charge is 0.0357 e. The van der Waals surface area contributed by atoms with Gasteiger partial charge in [-0.2, -0.15) is 0 Å². The van der Waals surface area contributed by atoms with E-state index in [0.29, 0.717) is 12.0 Å². The second-order valence-electron chi connectivity index (χ2n) is 6.26. The molecule has 1 fully saturated rings. The second-order valence-corrected chi connectivity index (χ2v) is 6.26. The standard InChI is InChI=1S/C18H22N2.2ClH/c1-18(2)16(14-9-11-19-12-10-14)13-17(20(18)3)15-7-5-4-6-8-15;;/h4-12,16-17H,13H2,1-3H3;2*1H. The molecule has 0 N–H and O–H groups in total. The Morgan fingerprint density at radius 2 is 1.55 bits per heavy atom. The number of nitrogens with zero attached hydrogens (tertiary/aromatic N) is 2. The molecule has 120 valence electrons. The topological polar surface area (TPSA) is 16.1 Å². The third kappa shape index (κ3) is 3.29. The fourth-order valence-corrected chi connectivity index (χ4v) is 3.49. The van der Waals surface area contributed by atoms with Crippen molar-refractivity contribution in [3.05, 3.63) is 66.0 Å². The average Bonchev–Trinajstić information content (AvgIpc) is 2.72. The first kappa shape index (κ1) is 19.0. The van der Waals surface area contributed by atoms with E-state index >= 15 is 0 Å². The van der Waals surface area contributed by atoms with Gasteiger partial charge in [0.05, 0.1) is 0 Å². The van der Waals surface area contributed by atoms with E-state index in [1.165, 1.54) is 11.1 Å². The van der Waals surface area contributed by atoms with Crippen LogP contribution in [0.4, 0.5) is 0 Å². The summed E-state index contributed by atoms with van der Waals surface area (Å²) in [5.74, 6) is 0.542. The molecule has 0 aliphatic carbocycles. The lowest BCUT2D eigenvalue weighted by Gasteiger charge is -2.35. The normalized spacial score (nSPS) is 23.4. The number of rotatable bonds is 2. The largest absolute Gasteiger partial charge is 0.294 e. The van der Waals surface area contributed by atoms with Crippen LogP contribution in [0.2, 0.25) is 0 Å². The van der Waals surface area contributed by atoms with Gasteiger partial charge in [0.1, 0.15) is 0 Å². The Morgan fingerprint density at radius 1 is 0.955 bits per heavy atom. The first-order chi connectivity index (χ1) is 9.60. The van der Waals surface area contributed by atoms with Crippen LogP contribution in [0.1, 0.15) is 43.4 Å². The van der Waals surface area contributed by atoms with Crippen molar-refractivity contribution in [2.45, 2.75) is 37.8 Å². The molecule has 1 aliphatic rings. The maximum atomic E-state index is 4.15. The molecule has 1 aromatic heterocycles. The van der Waals surface area contributed by atoms with Gasteiger partial charge < -0.3 is 0 Å². The Morgan fingerprint density at radius 3 is 2.14 bits per heavy atom. The van der Waals surface area contributed by atoms with Crippen molar-refractivity contribution in [3.8, 4) is 0 Å². The molecule has 2 unspecified atom stereocenters. The highest BCUT2D eigenvalue weighted by Crippen LogP contribution is 2.49. The monoisotopic (exact) mass is 338 g/mol. The Labute approximate surface area is 145 Å². The molecule has 3 rings (SSSR count). The van der Waals surface area contributed by atoms with Crippen LogP contribution in [-0.2, 0) is 0 Å². The van der Waals surface area contributed by atoms with Crippen LogP contribution in [0.15, 0.2) is 54.9 Å². The summed E-state index contributed by atoms with van der Waals surface area (Å²) in [6.45, 7) is 4.70. The van der Waals surface area contributed by atoms with Crippen molar-refractivity contribution >= 4 is 24.8 Å². The van der Waals surface area contributed by atoms with E-state index in [4.69, 9.17) is 0 Å². The molecule has 0 spiro atoms. The van der Waals surface area contributed by atoms with Crippen LogP contribution in [0.25, 0.3) is 0 Å². The van der Waals surface area contributed by atoms with Gasteiger partial charge in [0.15, 0.2) is 0 Å². The molecule has 1 aromatic carbocycles. The molecule has 22 heavy (non-hydrogen) atoms. The quantitative estimate of drug-likeness (QED) is 0.776. The minimum atomic E-state index is 0. The zero-order valence-corrected chi connectivity index (χ0v) is 14.9. The number of aromatic nitrogens is 1. The van der Waals surface area contributed by atoms with Crippen LogP contribution in [-0.4, -0.2) is 22.5 Å². The molecule has 0 radical (unpaired) electrons. The highest BCUT2D eigenvalue weighted by molar-refractivity contribution is 5.85. The molecule has 0 bridgehead atoms. The van der Waals surface area contributed by atoms with Gasteiger partial charge >= 0.3 is 0 Å². The Bertz CT molecular complexity index is 572. The Hall–Kier alpha value is -1.09. The van der Waals surface area contributed by atoms with Crippen LogP contribution in [0, 0.1) is 0 Å². The summed E-state index contributed by atoms with van der Waals surface area (Å²) in [7, 11) is 2.25. The molecular weight excluding hydrogens is 315 g/mol. The summed E-state index contributed by atoms with van der Waals surface area (Å²) in [6, 6.07) is 15.7. The average molecular weight is 339 g/mol. The minimum Gasteiger partial charge on any atom is -0.294 e. The van der Waals surface area contributed by atoms with Gasteiger partial charge in [0.25, 0.3) is 0 Å². The maximum absolute atomic E-state index is 4.15. The van der Waals surface area contributed by atoms with Crippen molar-refractivity contribution in [1.82, 2.24) is 9.88 Å². The van der Waals surface area contributed by atoms with Crippen molar-refractivity contribution in [2.75, 3.05) is 7.05 Å². The lowest BCUT2D eigenvalue weighted by Crippen LogP contribution is -2.39. The number of likely N-dealkylation sites (tertiary alicyclic amines) is 1. The van der Waals surface area contributed by atoms with Crippen LogP contribution in [0.5, 0.6) is 0 Å². The predicted octanol–water partition coefficient (Wildman–Crippen LogP) is 4.86. The highest BCUT2D eigenvalue weighted by Gasteiger charge is 2.45. The van der Waals surface area contributed by atoms with Crippen molar-refractivity contribution < 1.29 is 0 Å². The Balaban J connectivity index is 0.00000121. The summed E-state index contributed by atoms with van der Waals surface area (Å²) >= 11 is 0. The molecule has 1 saturated heterocycles. The van der Waals surface area contributed by atoms with E-state index in [0.717, 1.165) is 6.42 Å². The van der Waals surface area contributed by atoms with Crippen LogP contribution < -0.4 is 0 Å². The highest BCUT2D eigenvalue weighted by atomic mass is 35.5. The summed E-state index contributed by atoms with van der Waals surface area (Å²) < 4.78 is 0. The molecule has 2 nitrogen and oxygen atoms in total. The lowest BCUT2D eigenvalue weighted by atomic mass is 9.82. The first-order valence-electron chi connectivity index (χ1n) is 7.28. The fourth-order valence-electron chi connectivity index (χ4n) is 3.49. The van der Waals surface area contributed by atoms with Crippen molar-refractivity contribution in [3.63, 3.8) is 0 Å². The summed E-state index contributed by atoms with van der Waals surface area (Å²) in [6.07, 6.45) is 4.97. The van der Waals surface area contributed by atoms with Crippen LogP contribution >= 0.6 is 24.8 Å². The first-order valence-corrected chi connectivity index (χ1v) is 7.28. The van der Waals surface area contributed by atoms with E-state index in [1.807, 2.05) is 12.4 Å². The van der Waals surface area contributed by atoms with Crippen LogP contribution in [0.3, 0.4) is 0 Å². The van der Waals surface area contributed by atoms with E-state index in [1.54, 1.807) is 0 Å². The van der Waals surface area contributed by atoms with Crippen molar-refractivity contribution in [1.29, 1.82) is 0 Å². The number of benzene rings is 1. The van der Waals surface area contributed by atoms with Gasteiger partial charge in [0, 0.05) is 29.9 Å². The van der Waals surface area contributed by atoms with E-state index < -0.39 is 0 Å². The van der Waals surface area contributed by atoms with Gasteiger partial charge in [-0.05, 0) is 50.6 Å². The number of hydrogen-bond acceptors (Lipinski definition) is 2. The minimum absolute atomic E-state index is 0. The zero-order chi connectivity index (χ0) is 14.2. The van der Waals surface area contributed by atoms with E-state index in [2.05, 4.69) is 73.2 Å². The van der Waals surface area contributed by atoms with Gasteiger partial charge in [-0.3, -0.25) is 9.88 Å². The molecule has 2 heterocycles. The number of hydrogen-bond donors (Lipinski definition) is 0. The second kappa shape index (κ2) is 7.45. The van der Waals surface area contributed by atoms with Gasteiger partial charge in [-0.1, -0.05) is 30.3 Å². The third-order valence-electron chi connectivity index (χ3n) is 4.98. The summed E-state index contributed by atoms with van der Waals surface area (Å²) in [5, 5.41) is 0. The number of pyridine rings is 1. The zero-order valence-electron chi connectivity index (χ0n) is 13.3. The lowest BCUT2D eigenvalue weighted by molar-refractivity contribution is 0.159. The molecule has 1 aliphatic heterocycles. The molecule has 0 amide bonds. The predicted molar refractivity (Wildman–Crippen MR) is 97.1 cm³/mol.